The van der Waals surface area contributed by atoms with Gasteiger partial charge in [0.1, 0.15) is 11.5 Å². The molecule has 130 valence electrons. The Labute approximate surface area is 159 Å². The van der Waals surface area contributed by atoms with Gasteiger partial charge in [-0.05, 0) is 57.9 Å². The molecule has 0 aliphatic carbocycles. The minimum absolute atomic E-state index is 0.803. The van der Waals surface area contributed by atoms with E-state index in [1.54, 1.807) is 26.0 Å². The molecule has 1 aromatic heterocycles. The molecule has 2 aromatic carbocycles. The van der Waals surface area contributed by atoms with E-state index in [9.17, 15) is 0 Å². The second kappa shape index (κ2) is 7.93. The van der Waals surface area contributed by atoms with E-state index in [0.717, 1.165) is 38.3 Å². The molecule has 25 heavy (non-hydrogen) atoms. The third-order valence-electron chi connectivity index (χ3n) is 3.77. The van der Waals surface area contributed by atoms with Crippen molar-refractivity contribution in [1.82, 2.24) is 14.8 Å². The van der Waals surface area contributed by atoms with Crippen LogP contribution in [-0.4, -0.2) is 29.0 Å². The van der Waals surface area contributed by atoms with Crippen LogP contribution < -0.4 is 9.47 Å². The molecule has 0 amide bonds. The molecule has 3 rings (SSSR count). The highest BCUT2D eigenvalue weighted by Crippen LogP contribution is 2.30. The van der Waals surface area contributed by atoms with Crippen molar-refractivity contribution in [3.8, 4) is 22.9 Å². The van der Waals surface area contributed by atoms with Crippen molar-refractivity contribution in [3.05, 3.63) is 52.5 Å². The Morgan fingerprint density at radius 1 is 1.04 bits per heavy atom. The Morgan fingerprint density at radius 3 is 2.44 bits per heavy atom. The maximum absolute atomic E-state index is 5.26. The summed E-state index contributed by atoms with van der Waals surface area (Å²) in [5.74, 6) is 3.29. The topological polar surface area (TPSA) is 49.2 Å². The first-order valence-corrected chi connectivity index (χ1v) is 9.39. The quantitative estimate of drug-likeness (QED) is 0.548. The molecular weight excluding hydrogens is 402 g/mol. The third kappa shape index (κ3) is 3.99. The van der Waals surface area contributed by atoms with Crippen molar-refractivity contribution in [2.75, 3.05) is 14.2 Å². The average molecular weight is 420 g/mol. The molecule has 0 fully saturated rings. The summed E-state index contributed by atoms with van der Waals surface area (Å²) >= 11 is 5.17. The largest absolute Gasteiger partial charge is 0.497 e. The van der Waals surface area contributed by atoms with Gasteiger partial charge < -0.3 is 14.0 Å². The summed E-state index contributed by atoms with van der Waals surface area (Å²) in [5.41, 5.74) is 2.20. The number of hydrogen-bond acceptors (Lipinski definition) is 5. The maximum atomic E-state index is 5.26. The first-order valence-electron chi connectivity index (χ1n) is 7.61. The standard InChI is InChI=1S/C18H18BrN3O2S/c1-22-17(13-5-7-14(23-2)8-6-13)20-21-18(22)25-11-12-4-9-16(24-3)15(19)10-12/h4-10H,11H2,1-3H3. The number of hydrogen-bond donors (Lipinski definition) is 0. The summed E-state index contributed by atoms with van der Waals surface area (Å²) in [7, 11) is 5.30. The first kappa shape index (κ1) is 17.8. The Morgan fingerprint density at radius 2 is 1.80 bits per heavy atom. The van der Waals surface area contributed by atoms with Gasteiger partial charge in [-0.1, -0.05) is 17.8 Å². The van der Waals surface area contributed by atoms with Crippen LogP contribution in [0.4, 0.5) is 0 Å². The zero-order valence-electron chi connectivity index (χ0n) is 14.2. The SMILES string of the molecule is COc1ccc(-c2nnc(SCc3ccc(OC)c(Br)c3)n2C)cc1. The molecular formula is C18H18BrN3O2S. The van der Waals surface area contributed by atoms with Gasteiger partial charge in [0.15, 0.2) is 11.0 Å². The zero-order chi connectivity index (χ0) is 17.8. The Kier molecular flexibility index (Phi) is 5.65. The number of ether oxygens (including phenoxy) is 2. The van der Waals surface area contributed by atoms with Gasteiger partial charge >= 0.3 is 0 Å². The van der Waals surface area contributed by atoms with Gasteiger partial charge in [0.2, 0.25) is 0 Å². The highest BCUT2D eigenvalue weighted by atomic mass is 79.9. The van der Waals surface area contributed by atoms with E-state index < -0.39 is 0 Å². The van der Waals surface area contributed by atoms with Gasteiger partial charge in [0.05, 0.1) is 18.7 Å². The van der Waals surface area contributed by atoms with Crippen LogP contribution in [0.15, 0.2) is 52.1 Å². The lowest BCUT2D eigenvalue weighted by Gasteiger charge is -2.07. The van der Waals surface area contributed by atoms with Crippen molar-refractivity contribution in [2.24, 2.45) is 7.05 Å². The summed E-state index contributed by atoms with van der Waals surface area (Å²) in [5, 5.41) is 9.51. The highest BCUT2D eigenvalue weighted by molar-refractivity contribution is 9.10. The Hall–Kier alpha value is -1.99. The van der Waals surface area contributed by atoms with Crippen molar-refractivity contribution < 1.29 is 9.47 Å². The molecule has 7 heteroatoms. The first-order chi connectivity index (χ1) is 12.1. The van der Waals surface area contributed by atoms with Crippen LogP contribution >= 0.6 is 27.7 Å². The van der Waals surface area contributed by atoms with E-state index in [2.05, 4.69) is 38.3 Å². The number of halogens is 1. The molecule has 0 atom stereocenters. The van der Waals surface area contributed by atoms with E-state index in [4.69, 9.17) is 9.47 Å². The summed E-state index contributed by atoms with van der Waals surface area (Å²) < 4.78 is 13.4. The van der Waals surface area contributed by atoms with E-state index in [-0.39, 0.29) is 0 Å². The van der Waals surface area contributed by atoms with Crippen LogP contribution in [0.25, 0.3) is 11.4 Å². The molecule has 0 aliphatic heterocycles. The number of thioether (sulfide) groups is 1. The van der Waals surface area contributed by atoms with Gasteiger partial charge in [0.25, 0.3) is 0 Å². The number of methoxy groups -OCH3 is 2. The van der Waals surface area contributed by atoms with Gasteiger partial charge in [-0.25, -0.2) is 0 Å². The van der Waals surface area contributed by atoms with Gasteiger partial charge in [-0.2, -0.15) is 0 Å². The highest BCUT2D eigenvalue weighted by Gasteiger charge is 2.12. The molecule has 0 N–H and O–H groups in total. The summed E-state index contributed by atoms with van der Waals surface area (Å²) in [4.78, 5) is 0. The number of aromatic nitrogens is 3. The fourth-order valence-corrected chi connectivity index (χ4v) is 3.82. The van der Waals surface area contributed by atoms with Crippen LogP contribution in [0.3, 0.4) is 0 Å². The molecule has 0 saturated carbocycles. The van der Waals surface area contributed by atoms with Crippen molar-refractivity contribution in [2.45, 2.75) is 10.9 Å². The van der Waals surface area contributed by atoms with Crippen molar-refractivity contribution >= 4 is 27.7 Å². The summed E-state index contributed by atoms with van der Waals surface area (Å²) in [6, 6.07) is 13.9. The minimum Gasteiger partial charge on any atom is -0.497 e. The lowest BCUT2D eigenvalue weighted by Crippen LogP contribution is -1.95. The third-order valence-corrected chi connectivity index (χ3v) is 5.48. The second-order valence-corrected chi connectivity index (χ2v) is 7.15. The van der Waals surface area contributed by atoms with Crippen LogP contribution in [0, 0.1) is 0 Å². The molecule has 1 heterocycles. The van der Waals surface area contributed by atoms with Crippen LogP contribution in [0.1, 0.15) is 5.56 Å². The van der Waals surface area contributed by atoms with Crippen LogP contribution in [0.2, 0.25) is 0 Å². The van der Waals surface area contributed by atoms with Crippen LogP contribution in [0.5, 0.6) is 11.5 Å². The van der Waals surface area contributed by atoms with Gasteiger partial charge in [0, 0.05) is 18.4 Å². The number of rotatable bonds is 6. The molecule has 0 radical (unpaired) electrons. The number of nitrogens with zero attached hydrogens (tertiary/aromatic N) is 3. The predicted octanol–water partition coefficient (Wildman–Crippen LogP) is 4.55. The monoisotopic (exact) mass is 419 g/mol. The van der Waals surface area contributed by atoms with Crippen molar-refractivity contribution in [1.29, 1.82) is 0 Å². The smallest absolute Gasteiger partial charge is 0.191 e. The normalized spacial score (nSPS) is 10.7. The van der Waals surface area contributed by atoms with E-state index in [1.165, 1.54) is 5.56 Å². The van der Waals surface area contributed by atoms with E-state index >= 15 is 0 Å². The number of benzene rings is 2. The molecule has 5 nitrogen and oxygen atoms in total. The van der Waals surface area contributed by atoms with Gasteiger partial charge in [-0.3, -0.25) is 0 Å². The molecule has 0 spiro atoms. The van der Waals surface area contributed by atoms with Crippen LogP contribution in [-0.2, 0) is 12.8 Å². The average Bonchev–Trinajstić information content (AvgIpc) is 3.01. The Bertz CT molecular complexity index is 865. The molecule has 3 aromatic rings. The van der Waals surface area contributed by atoms with Gasteiger partial charge in [-0.15, -0.1) is 10.2 Å². The van der Waals surface area contributed by atoms with E-state index in [0.29, 0.717) is 0 Å². The second-order valence-electron chi connectivity index (χ2n) is 5.35. The molecule has 0 unspecified atom stereocenters. The lowest BCUT2D eigenvalue weighted by molar-refractivity contribution is 0.412. The maximum Gasteiger partial charge on any atom is 0.191 e. The fraction of sp³-hybridized carbons (Fsp3) is 0.222. The minimum atomic E-state index is 0.803. The van der Waals surface area contributed by atoms with E-state index in [1.807, 2.05) is 41.9 Å². The van der Waals surface area contributed by atoms with Crippen molar-refractivity contribution in [3.63, 3.8) is 0 Å². The molecule has 0 saturated heterocycles. The summed E-state index contributed by atoms with van der Waals surface area (Å²) in [6.45, 7) is 0. The predicted molar refractivity (Wildman–Crippen MR) is 103 cm³/mol. The Balaban J connectivity index is 1.73. The molecule has 0 bridgehead atoms. The summed E-state index contributed by atoms with van der Waals surface area (Å²) in [6.07, 6.45) is 0. The zero-order valence-corrected chi connectivity index (χ0v) is 16.6. The lowest BCUT2D eigenvalue weighted by atomic mass is 10.2. The fourth-order valence-electron chi connectivity index (χ4n) is 2.38. The molecule has 0 aliphatic rings.